The third-order valence-corrected chi connectivity index (χ3v) is 1.43. The molecule has 1 aromatic rings. The van der Waals surface area contributed by atoms with Gasteiger partial charge in [-0.3, -0.25) is 5.11 Å². The van der Waals surface area contributed by atoms with Crippen LogP contribution in [0.25, 0.3) is 0 Å². The van der Waals surface area contributed by atoms with Crippen molar-refractivity contribution in [1.29, 1.82) is 0 Å². The van der Waals surface area contributed by atoms with Crippen molar-refractivity contribution in [3.63, 3.8) is 0 Å². The Hall–Kier alpha value is -1.10. The highest BCUT2D eigenvalue weighted by molar-refractivity contribution is 6.32. The first kappa shape index (κ1) is 9.98. The minimum atomic E-state index is -4.77. The van der Waals surface area contributed by atoms with Crippen molar-refractivity contribution in [1.82, 2.24) is 0 Å². The minimum absolute atomic E-state index is 0.304. The third kappa shape index (κ3) is 3.02. The zero-order valence-electron chi connectivity index (χ0n) is 6.06. The summed E-state index contributed by atoms with van der Waals surface area (Å²) < 4.78 is 38.4. The van der Waals surface area contributed by atoms with Gasteiger partial charge in [0.05, 0.1) is 5.02 Å². The number of hydrogen-bond acceptors (Lipinski definition) is 1. The van der Waals surface area contributed by atoms with Crippen molar-refractivity contribution in [2.45, 2.75) is 6.36 Å². The predicted octanol–water partition coefficient (Wildman–Crippen LogP) is 3.38. The van der Waals surface area contributed by atoms with E-state index in [0.29, 0.717) is 0 Å². The molecule has 0 unspecified atom stereocenters. The monoisotopic (exact) mass is 211 g/mol. The average molecular weight is 212 g/mol. The van der Waals surface area contributed by atoms with Gasteiger partial charge in [0.1, 0.15) is 5.75 Å². The summed E-state index contributed by atoms with van der Waals surface area (Å²) in [5.74, 6) is -1.05. The molecule has 0 atom stereocenters. The van der Waals surface area contributed by atoms with Crippen LogP contribution in [0.15, 0.2) is 18.2 Å². The summed E-state index contributed by atoms with van der Waals surface area (Å²) >= 11 is 5.28. The van der Waals surface area contributed by atoms with Gasteiger partial charge in [0, 0.05) is 6.07 Å². The van der Waals surface area contributed by atoms with E-state index >= 15 is 0 Å². The van der Waals surface area contributed by atoms with E-state index in [-0.39, 0.29) is 5.02 Å². The molecule has 71 valence electrons. The van der Waals surface area contributed by atoms with Gasteiger partial charge < -0.3 is 4.74 Å². The van der Waals surface area contributed by atoms with Gasteiger partial charge in [0.15, 0.2) is 5.75 Å². The fraction of sp³-hybridized carbons (Fsp3) is 0.143. The number of rotatable bonds is 1. The van der Waals surface area contributed by atoms with Crippen LogP contribution in [0, 0.1) is 0 Å². The van der Waals surface area contributed by atoms with Crippen molar-refractivity contribution in [2.75, 3.05) is 0 Å². The Bertz CT molecular complexity index is 311. The first-order valence-electron chi connectivity index (χ1n) is 3.11. The van der Waals surface area contributed by atoms with Crippen LogP contribution in [0.4, 0.5) is 13.2 Å². The summed E-state index contributed by atoms with van der Waals surface area (Å²) in [5, 5.41) is 10.4. The predicted molar refractivity (Wildman–Crippen MR) is 38.3 cm³/mol. The molecule has 1 aromatic carbocycles. The summed E-state index contributed by atoms with van der Waals surface area (Å²) in [5.41, 5.74) is 0. The lowest BCUT2D eigenvalue weighted by Gasteiger charge is -2.08. The smallest absolute Gasteiger partial charge is 0.406 e. The van der Waals surface area contributed by atoms with Crippen LogP contribution in [0.3, 0.4) is 0 Å². The van der Waals surface area contributed by atoms with Gasteiger partial charge >= 0.3 is 6.36 Å². The second kappa shape index (κ2) is 3.33. The lowest BCUT2D eigenvalue weighted by Crippen LogP contribution is -2.16. The van der Waals surface area contributed by atoms with Crippen molar-refractivity contribution >= 4 is 11.6 Å². The SMILES string of the molecule is [O]c1ccc(OC(F)(F)F)cc1Cl. The normalized spacial score (nSPS) is 11.4. The van der Waals surface area contributed by atoms with E-state index in [9.17, 15) is 18.3 Å². The lowest BCUT2D eigenvalue weighted by atomic mass is 10.3. The van der Waals surface area contributed by atoms with E-state index in [4.69, 9.17) is 11.6 Å². The van der Waals surface area contributed by atoms with Gasteiger partial charge in [-0.25, -0.2) is 0 Å². The molecule has 1 radical (unpaired) electrons. The second-order valence-electron chi connectivity index (χ2n) is 2.14. The third-order valence-electron chi connectivity index (χ3n) is 1.14. The number of ether oxygens (including phenoxy) is 1. The average Bonchev–Trinajstić information content (AvgIpc) is 1.94. The van der Waals surface area contributed by atoms with Crippen molar-refractivity contribution < 1.29 is 23.0 Å². The number of halogens is 4. The largest absolute Gasteiger partial charge is 0.573 e. The Morgan fingerprint density at radius 1 is 1.31 bits per heavy atom. The molecule has 6 heteroatoms. The number of benzene rings is 1. The van der Waals surface area contributed by atoms with Gasteiger partial charge in [-0.05, 0) is 12.1 Å². The van der Waals surface area contributed by atoms with Crippen molar-refractivity contribution in [3.8, 4) is 11.5 Å². The quantitative estimate of drug-likeness (QED) is 0.700. The highest BCUT2D eigenvalue weighted by Crippen LogP contribution is 2.30. The molecule has 0 saturated heterocycles. The maximum absolute atomic E-state index is 11.6. The van der Waals surface area contributed by atoms with Crippen LogP contribution in [0.1, 0.15) is 0 Å². The van der Waals surface area contributed by atoms with E-state index in [1.807, 2.05) is 0 Å². The van der Waals surface area contributed by atoms with Crippen LogP contribution < -0.4 is 4.74 Å². The lowest BCUT2D eigenvalue weighted by molar-refractivity contribution is -0.274. The molecule has 0 aliphatic rings. The van der Waals surface area contributed by atoms with Crippen LogP contribution in [-0.4, -0.2) is 6.36 Å². The Morgan fingerprint density at radius 2 is 1.92 bits per heavy atom. The molecule has 13 heavy (non-hydrogen) atoms. The molecule has 0 aliphatic carbocycles. The molecule has 1 rings (SSSR count). The van der Waals surface area contributed by atoms with Gasteiger partial charge in [-0.15, -0.1) is 13.2 Å². The van der Waals surface area contributed by atoms with Gasteiger partial charge in [-0.1, -0.05) is 11.6 Å². The molecule has 0 amide bonds. The molecule has 0 saturated carbocycles. The Morgan fingerprint density at radius 3 is 2.38 bits per heavy atom. The number of hydrogen-bond donors (Lipinski definition) is 0. The molecule has 0 spiro atoms. The van der Waals surface area contributed by atoms with Crippen molar-refractivity contribution in [2.24, 2.45) is 0 Å². The standard InChI is InChI=1S/C7H3ClF3O2/c8-5-3-4(1-2-6(5)12)13-7(9,10)11/h1-3H. The van der Waals surface area contributed by atoms with Crippen LogP contribution in [0.2, 0.25) is 5.02 Å². The second-order valence-corrected chi connectivity index (χ2v) is 2.55. The van der Waals surface area contributed by atoms with Crippen LogP contribution in [0.5, 0.6) is 11.5 Å². The topological polar surface area (TPSA) is 29.1 Å². The maximum atomic E-state index is 11.6. The Balaban J connectivity index is 2.86. The fourth-order valence-corrected chi connectivity index (χ4v) is 0.849. The maximum Gasteiger partial charge on any atom is 0.573 e. The zero-order valence-corrected chi connectivity index (χ0v) is 6.82. The molecule has 0 N–H and O–H groups in total. The molecule has 2 nitrogen and oxygen atoms in total. The minimum Gasteiger partial charge on any atom is -0.406 e. The van der Waals surface area contributed by atoms with Gasteiger partial charge in [0.2, 0.25) is 0 Å². The molecular weight excluding hydrogens is 209 g/mol. The highest BCUT2D eigenvalue weighted by Gasteiger charge is 2.31. The van der Waals surface area contributed by atoms with E-state index in [2.05, 4.69) is 4.74 Å². The van der Waals surface area contributed by atoms with E-state index < -0.39 is 17.9 Å². The first-order valence-corrected chi connectivity index (χ1v) is 3.48. The van der Waals surface area contributed by atoms with E-state index in [0.717, 1.165) is 18.2 Å². The zero-order chi connectivity index (χ0) is 10.1. The summed E-state index contributed by atoms with van der Waals surface area (Å²) in [6, 6.07) is 2.63. The molecular formula is C7H3ClF3O2. The van der Waals surface area contributed by atoms with Crippen LogP contribution in [-0.2, 0) is 5.11 Å². The summed E-state index contributed by atoms with van der Waals surface area (Å²) in [6.45, 7) is 0. The fourth-order valence-electron chi connectivity index (χ4n) is 0.679. The molecule has 0 fully saturated rings. The summed E-state index contributed by atoms with van der Waals surface area (Å²) in [4.78, 5) is 0. The molecule has 0 heterocycles. The van der Waals surface area contributed by atoms with E-state index in [1.54, 1.807) is 0 Å². The first-order chi connectivity index (χ1) is 5.88. The Labute approximate surface area is 76.5 Å². The summed E-state index contributed by atoms with van der Waals surface area (Å²) in [6.07, 6.45) is -4.77. The molecule has 0 aliphatic heterocycles. The van der Waals surface area contributed by atoms with Gasteiger partial charge in [-0.2, -0.15) is 0 Å². The van der Waals surface area contributed by atoms with Crippen LogP contribution >= 0.6 is 11.6 Å². The van der Waals surface area contributed by atoms with Gasteiger partial charge in [0.25, 0.3) is 0 Å². The van der Waals surface area contributed by atoms with Crippen molar-refractivity contribution in [3.05, 3.63) is 23.2 Å². The Kier molecular flexibility index (Phi) is 2.56. The van der Waals surface area contributed by atoms with E-state index in [1.165, 1.54) is 0 Å². The number of alkyl halides is 3. The summed E-state index contributed by atoms with van der Waals surface area (Å²) in [7, 11) is 0. The molecule has 0 bridgehead atoms. The molecule has 0 aromatic heterocycles. The highest BCUT2D eigenvalue weighted by atomic mass is 35.5.